The largest absolute Gasteiger partial charge is 0.316 e. The lowest BCUT2D eigenvalue weighted by Gasteiger charge is -2.20. The summed E-state index contributed by atoms with van der Waals surface area (Å²) in [5.74, 6) is 0.402. The number of hydrogen-bond donors (Lipinski definition) is 2. The molecule has 0 aromatic carbocycles. The molecule has 1 unspecified atom stereocenters. The van der Waals surface area contributed by atoms with Crippen LogP contribution in [0.25, 0.3) is 0 Å². The van der Waals surface area contributed by atoms with Gasteiger partial charge in [0.25, 0.3) is 5.56 Å². The molecule has 13 heavy (non-hydrogen) atoms. The van der Waals surface area contributed by atoms with Gasteiger partial charge in [0.2, 0.25) is 0 Å². The molecule has 1 saturated heterocycles. The number of H-pyrrole nitrogens is 1. The molecule has 1 aliphatic rings. The summed E-state index contributed by atoms with van der Waals surface area (Å²) in [6.45, 7) is 2.02. The van der Waals surface area contributed by atoms with E-state index in [4.69, 9.17) is 0 Å². The Kier molecular flexibility index (Phi) is 2.22. The van der Waals surface area contributed by atoms with Gasteiger partial charge in [-0.25, -0.2) is 0 Å². The molecule has 0 spiro atoms. The van der Waals surface area contributed by atoms with E-state index in [0.717, 1.165) is 25.1 Å². The summed E-state index contributed by atoms with van der Waals surface area (Å²) in [7, 11) is 1.85. The van der Waals surface area contributed by atoms with Gasteiger partial charge < -0.3 is 5.32 Å². The fourth-order valence-electron chi connectivity index (χ4n) is 1.93. The summed E-state index contributed by atoms with van der Waals surface area (Å²) in [6, 6.07) is 0. The second-order valence-corrected chi connectivity index (χ2v) is 3.68. The van der Waals surface area contributed by atoms with E-state index in [-0.39, 0.29) is 5.56 Å². The molecular weight excluding hydrogens is 166 g/mol. The third-order valence-electron chi connectivity index (χ3n) is 2.61. The molecule has 1 fully saturated rings. The molecule has 72 valence electrons. The highest BCUT2D eigenvalue weighted by atomic mass is 16.1. The van der Waals surface area contributed by atoms with Gasteiger partial charge in [0.1, 0.15) is 0 Å². The summed E-state index contributed by atoms with van der Waals surface area (Å²) in [6.07, 6.45) is 4.19. The van der Waals surface area contributed by atoms with Crippen molar-refractivity contribution in [3.63, 3.8) is 0 Å². The molecule has 0 saturated carbocycles. The van der Waals surface area contributed by atoms with Crippen LogP contribution in [-0.2, 0) is 7.05 Å². The van der Waals surface area contributed by atoms with E-state index in [2.05, 4.69) is 10.4 Å². The van der Waals surface area contributed by atoms with Gasteiger partial charge in [0.15, 0.2) is 0 Å². The average Bonchev–Trinajstić information content (AvgIpc) is 2.47. The first-order valence-corrected chi connectivity index (χ1v) is 4.73. The number of nitrogens with one attached hydrogen (secondary N) is 2. The average molecular weight is 181 g/mol. The fourth-order valence-corrected chi connectivity index (χ4v) is 1.93. The van der Waals surface area contributed by atoms with E-state index < -0.39 is 0 Å². The zero-order valence-corrected chi connectivity index (χ0v) is 7.84. The Morgan fingerprint density at radius 3 is 3.00 bits per heavy atom. The normalized spacial score (nSPS) is 23.3. The maximum atomic E-state index is 11.4. The maximum absolute atomic E-state index is 11.4. The summed E-state index contributed by atoms with van der Waals surface area (Å²) in [5.41, 5.74) is 0.992. The van der Waals surface area contributed by atoms with Crippen LogP contribution in [0.4, 0.5) is 0 Å². The van der Waals surface area contributed by atoms with Crippen molar-refractivity contribution in [3.05, 3.63) is 22.1 Å². The lowest BCUT2D eigenvalue weighted by molar-refractivity contribution is 0.460. The number of aromatic nitrogens is 2. The van der Waals surface area contributed by atoms with Crippen LogP contribution >= 0.6 is 0 Å². The molecule has 0 bridgehead atoms. The topological polar surface area (TPSA) is 49.8 Å². The van der Waals surface area contributed by atoms with Crippen LogP contribution in [0.1, 0.15) is 24.3 Å². The van der Waals surface area contributed by atoms with Crippen molar-refractivity contribution >= 4 is 0 Å². The molecular formula is C9H15N3O. The van der Waals surface area contributed by atoms with Crippen LogP contribution in [0.5, 0.6) is 0 Å². The summed E-state index contributed by atoms with van der Waals surface area (Å²) in [4.78, 5) is 11.4. The van der Waals surface area contributed by atoms with Gasteiger partial charge in [-0.2, -0.15) is 0 Å². The van der Waals surface area contributed by atoms with Crippen molar-refractivity contribution in [2.24, 2.45) is 7.05 Å². The highest BCUT2D eigenvalue weighted by molar-refractivity contribution is 5.12. The van der Waals surface area contributed by atoms with Crippen LogP contribution in [-0.4, -0.2) is 22.9 Å². The molecule has 0 radical (unpaired) electrons. The van der Waals surface area contributed by atoms with Gasteiger partial charge in [0.05, 0.1) is 0 Å². The van der Waals surface area contributed by atoms with Gasteiger partial charge >= 0.3 is 0 Å². The molecule has 4 heteroatoms. The maximum Gasteiger partial charge on any atom is 0.267 e. The SMILES string of the molecule is Cn1cc(C2CCCNC2)c(=O)[nH]1. The van der Waals surface area contributed by atoms with Gasteiger partial charge in [-0.1, -0.05) is 0 Å². The molecule has 0 amide bonds. The lowest BCUT2D eigenvalue weighted by atomic mass is 9.94. The number of hydrogen-bond acceptors (Lipinski definition) is 2. The Hall–Kier alpha value is -1.03. The van der Waals surface area contributed by atoms with Gasteiger partial charge in [-0.15, -0.1) is 0 Å². The van der Waals surface area contributed by atoms with Crippen LogP contribution in [0.3, 0.4) is 0 Å². The number of aryl methyl sites for hydroxylation is 1. The summed E-state index contributed by atoms with van der Waals surface area (Å²) >= 11 is 0. The molecule has 1 aromatic heterocycles. The first kappa shape index (κ1) is 8.56. The second kappa shape index (κ2) is 3.38. The zero-order valence-electron chi connectivity index (χ0n) is 7.84. The van der Waals surface area contributed by atoms with Crippen LogP contribution in [0, 0.1) is 0 Å². The Morgan fingerprint density at radius 1 is 1.62 bits per heavy atom. The molecule has 2 heterocycles. The molecule has 1 aromatic rings. The quantitative estimate of drug-likeness (QED) is 0.649. The molecule has 4 nitrogen and oxygen atoms in total. The van der Waals surface area contributed by atoms with E-state index in [1.54, 1.807) is 4.68 Å². The van der Waals surface area contributed by atoms with E-state index >= 15 is 0 Å². The number of piperidine rings is 1. The predicted octanol–water partition coefficient (Wildman–Crippen LogP) is 0.180. The third-order valence-corrected chi connectivity index (χ3v) is 2.61. The van der Waals surface area contributed by atoms with E-state index in [0.29, 0.717) is 5.92 Å². The van der Waals surface area contributed by atoms with Crippen molar-refractivity contribution < 1.29 is 0 Å². The molecule has 1 aliphatic heterocycles. The minimum absolute atomic E-state index is 0.0659. The van der Waals surface area contributed by atoms with Crippen LogP contribution in [0.15, 0.2) is 11.0 Å². The zero-order chi connectivity index (χ0) is 9.26. The minimum atomic E-state index is 0.0659. The van der Waals surface area contributed by atoms with E-state index in [1.165, 1.54) is 6.42 Å². The van der Waals surface area contributed by atoms with Gasteiger partial charge in [-0.3, -0.25) is 14.6 Å². The Morgan fingerprint density at radius 2 is 2.46 bits per heavy atom. The molecule has 2 rings (SSSR count). The smallest absolute Gasteiger partial charge is 0.267 e. The highest BCUT2D eigenvalue weighted by Crippen LogP contribution is 2.19. The predicted molar refractivity (Wildman–Crippen MR) is 50.9 cm³/mol. The lowest BCUT2D eigenvalue weighted by Crippen LogP contribution is -2.30. The third kappa shape index (κ3) is 1.67. The van der Waals surface area contributed by atoms with Crippen molar-refractivity contribution in [2.45, 2.75) is 18.8 Å². The molecule has 2 N–H and O–H groups in total. The first-order valence-electron chi connectivity index (χ1n) is 4.73. The van der Waals surface area contributed by atoms with E-state index in [9.17, 15) is 4.79 Å². The van der Waals surface area contributed by atoms with Crippen LogP contribution < -0.4 is 10.9 Å². The summed E-state index contributed by atoms with van der Waals surface area (Å²) < 4.78 is 1.73. The number of aromatic amines is 1. The van der Waals surface area contributed by atoms with Gasteiger partial charge in [-0.05, 0) is 19.4 Å². The van der Waals surface area contributed by atoms with E-state index in [1.807, 2.05) is 13.2 Å². The Bertz CT molecular complexity index is 333. The van der Waals surface area contributed by atoms with Crippen molar-refractivity contribution in [1.82, 2.24) is 15.1 Å². The van der Waals surface area contributed by atoms with Gasteiger partial charge in [0, 0.05) is 31.3 Å². The number of rotatable bonds is 1. The standard InChI is InChI=1S/C9H15N3O/c1-12-6-8(9(13)11-12)7-3-2-4-10-5-7/h6-7,10H,2-5H2,1H3,(H,11,13). The van der Waals surface area contributed by atoms with Crippen molar-refractivity contribution in [3.8, 4) is 0 Å². The van der Waals surface area contributed by atoms with Crippen molar-refractivity contribution in [2.75, 3.05) is 13.1 Å². The summed E-state index contributed by atoms with van der Waals surface area (Å²) in [5, 5.41) is 6.05. The minimum Gasteiger partial charge on any atom is -0.316 e. The second-order valence-electron chi connectivity index (χ2n) is 3.68. The Balaban J connectivity index is 2.23. The van der Waals surface area contributed by atoms with Crippen molar-refractivity contribution in [1.29, 1.82) is 0 Å². The molecule has 1 atom stereocenters. The Labute approximate surface area is 76.9 Å². The highest BCUT2D eigenvalue weighted by Gasteiger charge is 2.18. The fraction of sp³-hybridized carbons (Fsp3) is 0.667. The monoisotopic (exact) mass is 181 g/mol. The molecule has 0 aliphatic carbocycles. The first-order chi connectivity index (χ1) is 6.27. The van der Waals surface area contributed by atoms with Crippen LogP contribution in [0.2, 0.25) is 0 Å². The number of nitrogens with zero attached hydrogens (tertiary/aromatic N) is 1.